The van der Waals surface area contributed by atoms with Crippen LogP contribution in [-0.2, 0) is 16.0 Å². The van der Waals surface area contributed by atoms with E-state index in [0.29, 0.717) is 25.3 Å². The zero-order chi connectivity index (χ0) is 15.7. The number of amides is 1. The average molecular weight is 292 g/mol. The first kappa shape index (κ1) is 17.2. The van der Waals surface area contributed by atoms with Gasteiger partial charge in [0, 0.05) is 18.9 Å². The van der Waals surface area contributed by atoms with E-state index in [0.717, 1.165) is 12.1 Å². The van der Waals surface area contributed by atoms with Crippen LogP contribution in [0, 0.1) is 0 Å². The van der Waals surface area contributed by atoms with Crippen LogP contribution in [0.15, 0.2) is 30.3 Å². The summed E-state index contributed by atoms with van der Waals surface area (Å²) >= 11 is 0. The number of aliphatic carboxylic acids is 1. The van der Waals surface area contributed by atoms with Crippen molar-refractivity contribution < 1.29 is 14.7 Å². The maximum absolute atomic E-state index is 11.8. The van der Waals surface area contributed by atoms with Crippen LogP contribution in [0.4, 0.5) is 0 Å². The summed E-state index contributed by atoms with van der Waals surface area (Å²) in [4.78, 5) is 23.0. The predicted octanol–water partition coefficient (Wildman–Crippen LogP) is 1.58. The maximum Gasteiger partial charge on any atom is 0.326 e. The summed E-state index contributed by atoms with van der Waals surface area (Å²) in [6.07, 6.45) is 1.33. The lowest BCUT2D eigenvalue weighted by molar-refractivity contribution is -0.141. The molecule has 0 saturated carbocycles. The van der Waals surface area contributed by atoms with E-state index in [1.807, 2.05) is 44.2 Å². The van der Waals surface area contributed by atoms with Crippen molar-refractivity contribution in [3.8, 4) is 0 Å². The second kappa shape index (κ2) is 9.13. The number of nitrogens with one attached hydrogen (secondary N) is 2. The molecule has 5 heteroatoms. The Bertz CT molecular complexity index is 446. The number of carboxylic acids is 1. The quantitative estimate of drug-likeness (QED) is 0.604. The average Bonchev–Trinajstić information content (AvgIpc) is 2.44. The number of carbonyl (C=O) groups excluding carboxylic acids is 1. The van der Waals surface area contributed by atoms with Gasteiger partial charge in [-0.1, -0.05) is 44.2 Å². The van der Waals surface area contributed by atoms with E-state index in [1.54, 1.807) is 0 Å². The highest BCUT2D eigenvalue weighted by atomic mass is 16.4. The molecular formula is C16H24N2O3. The van der Waals surface area contributed by atoms with E-state index >= 15 is 0 Å². The molecule has 3 N–H and O–H groups in total. The molecule has 1 amide bonds. The van der Waals surface area contributed by atoms with E-state index in [1.165, 1.54) is 0 Å². The predicted molar refractivity (Wildman–Crippen MR) is 82.1 cm³/mol. The van der Waals surface area contributed by atoms with Gasteiger partial charge in [-0.3, -0.25) is 4.79 Å². The standard InChI is InChI=1S/C16H24N2O3/c1-12(2)17-10-6-9-15(19)18-14(16(20)21)11-13-7-4-3-5-8-13/h3-5,7-8,12,14,17H,6,9-11H2,1-2H3,(H,18,19)(H,20,21). The summed E-state index contributed by atoms with van der Waals surface area (Å²) in [6.45, 7) is 4.84. The van der Waals surface area contributed by atoms with Crippen molar-refractivity contribution >= 4 is 11.9 Å². The molecule has 5 nitrogen and oxygen atoms in total. The zero-order valence-corrected chi connectivity index (χ0v) is 12.6. The summed E-state index contributed by atoms with van der Waals surface area (Å²) in [5.41, 5.74) is 0.895. The third-order valence-electron chi connectivity index (χ3n) is 3.05. The smallest absolute Gasteiger partial charge is 0.326 e. The molecule has 0 aliphatic carbocycles. The Labute approximate surface area is 125 Å². The number of rotatable bonds is 9. The van der Waals surface area contributed by atoms with E-state index in [2.05, 4.69) is 10.6 Å². The summed E-state index contributed by atoms with van der Waals surface area (Å²) in [7, 11) is 0. The highest BCUT2D eigenvalue weighted by molar-refractivity contribution is 5.83. The van der Waals surface area contributed by atoms with Crippen LogP contribution in [0.1, 0.15) is 32.3 Å². The van der Waals surface area contributed by atoms with Gasteiger partial charge in [-0.05, 0) is 18.5 Å². The van der Waals surface area contributed by atoms with Crippen molar-refractivity contribution in [1.82, 2.24) is 10.6 Å². The lowest BCUT2D eigenvalue weighted by Crippen LogP contribution is -2.42. The number of benzene rings is 1. The van der Waals surface area contributed by atoms with Crippen LogP contribution >= 0.6 is 0 Å². The highest BCUT2D eigenvalue weighted by Crippen LogP contribution is 2.04. The molecule has 116 valence electrons. The first-order valence-electron chi connectivity index (χ1n) is 7.28. The Balaban J connectivity index is 2.40. The fourth-order valence-corrected chi connectivity index (χ4v) is 1.96. The van der Waals surface area contributed by atoms with Gasteiger partial charge in [-0.15, -0.1) is 0 Å². The van der Waals surface area contributed by atoms with Crippen LogP contribution in [0.5, 0.6) is 0 Å². The molecule has 1 rings (SSSR count). The molecule has 21 heavy (non-hydrogen) atoms. The van der Waals surface area contributed by atoms with Crippen LogP contribution in [0.25, 0.3) is 0 Å². The van der Waals surface area contributed by atoms with Crippen molar-refractivity contribution in [2.45, 2.75) is 45.2 Å². The van der Waals surface area contributed by atoms with E-state index in [-0.39, 0.29) is 5.91 Å². The molecule has 1 unspecified atom stereocenters. The van der Waals surface area contributed by atoms with Gasteiger partial charge in [0.25, 0.3) is 0 Å². The minimum atomic E-state index is -1.01. The minimum absolute atomic E-state index is 0.219. The van der Waals surface area contributed by atoms with Gasteiger partial charge in [0.15, 0.2) is 0 Å². The normalized spacial score (nSPS) is 12.1. The molecule has 0 saturated heterocycles. The number of carboxylic acid groups (broad SMARTS) is 1. The molecule has 1 aromatic rings. The van der Waals surface area contributed by atoms with Gasteiger partial charge in [0.05, 0.1) is 0 Å². The second-order valence-electron chi connectivity index (χ2n) is 5.36. The Kier molecular flexibility index (Phi) is 7.46. The third kappa shape index (κ3) is 7.46. The Morgan fingerprint density at radius 1 is 1.19 bits per heavy atom. The molecule has 0 spiro atoms. The summed E-state index contributed by atoms with van der Waals surface area (Å²) in [6, 6.07) is 8.81. The van der Waals surface area contributed by atoms with E-state index < -0.39 is 12.0 Å². The minimum Gasteiger partial charge on any atom is -0.480 e. The van der Waals surface area contributed by atoms with Gasteiger partial charge in [-0.2, -0.15) is 0 Å². The lowest BCUT2D eigenvalue weighted by Gasteiger charge is -2.15. The van der Waals surface area contributed by atoms with Crippen LogP contribution in [0.2, 0.25) is 0 Å². The SMILES string of the molecule is CC(C)NCCCC(=O)NC(Cc1ccccc1)C(=O)O. The van der Waals surface area contributed by atoms with Gasteiger partial charge < -0.3 is 15.7 Å². The fraction of sp³-hybridized carbons (Fsp3) is 0.500. The fourth-order valence-electron chi connectivity index (χ4n) is 1.96. The Morgan fingerprint density at radius 3 is 2.43 bits per heavy atom. The molecule has 0 bridgehead atoms. The summed E-state index contributed by atoms with van der Waals surface area (Å²) < 4.78 is 0. The van der Waals surface area contributed by atoms with E-state index in [9.17, 15) is 14.7 Å². The first-order chi connectivity index (χ1) is 9.99. The van der Waals surface area contributed by atoms with Crippen molar-refractivity contribution in [1.29, 1.82) is 0 Å². The molecule has 0 aliphatic rings. The molecule has 0 heterocycles. The van der Waals surface area contributed by atoms with Gasteiger partial charge in [-0.25, -0.2) is 4.79 Å². The first-order valence-corrected chi connectivity index (χ1v) is 7.28. The topological polar surface area (TPSA) is 78.4 Å². The highest BCUT2D eigenvalue weighted by Gasteiger charge is 2.19. The molecule has 1 atom stereocenters. The van der Waals surface area contributed by atoms with Gasteiger partial charge in [0.1, 0.15) is 6.04 Å². The second-order valence-corrected chi connectivity index (χ2v) is 5.36. The molecular weight excluding hydrogens is 268 g/mol. The molecule has 0 fully saturated rings. The van der Waals surface area contributed by atoms with Crippen LogP contribution in [-0.4, -0.2) is 35.6 Å². The van der Waals surface area contributed by atoms with Gasteiger partial charge in [0.2, 0.25) is 5.91 Å². The van der Waals surface area contributed by atoms with Crippen LogP contribution < -0.4 is 10.6 Å². The maximum atomic E-state index is 11.8. The van der Waals surface area contributed by atoms with Crippen molar-refractivity contribution in [3.63, 3.8) is 0 Å². The largest absolute Gasteiger partial charge is 0.480 e. The Morgan fingerprint density at radius 2 is 1.86 bits per heavy atom. The monoisotopic (exact) mass is 292 g/mol. The zero-order valence-electron chi connectivity index (χ0n) is 12.6. The number of hydrogen-bond acceptors (Lipinski definition) is 3. The molecule has 0 radical (unpaired) electrons. The van der Waals surface area contributed by atoms with Crippen molar-refractivity contribution in [2.75, 3.05) is 6.54 Å². The Hall–Kier alpha value is -1.88. The van der Waals surface area contributed by atoms with Crippen LogP contribution in [0.3, 0.4) is 0 Å². The number of hydrogen-bond donors (Lipinski definition) is 3. The van der Waals surface area contributed by atoms with E-state index in [4.69, 9.17) is 0 Å². The summed E-state index contributed by atoms with van der Waals surface area (Å²) in [5.74, 6) is -1.23. The van der Waals surface area contributed by atoms with Crippen molar-refractivity contribution in [2.24, 2.45) is 0 Å². The molecule has 1 aromatic carbocycles. The van der Waals surface area contributed by atoms with Gasteiger partial charge >= 0.3 is 5.97 Å². The molecule has 0 aliphatic heterocycles. The lowest BCUT2D eigenvalue weighted by atomic mass is 10.1. The molecule has 0 aromatic heterocycles. The third-order valence-corrected chi connectivity index (χ3v) is 3.05. The number of carbonyl (C=O) groups is 2. The van der Waals surface area contributed by atoms with Crippen molar-refractivity contribution in [3.05, 3.63) is 35.9 Å². The summed E-state index contributed by atoms with van der Waals surface area (Å²) in [5, 5.41) is 15.0.